The van der Waals surface area contributed by atoms with Gasteiger partial charge in [0, 0.05) is 11.1 Å². The molecule has 0 bridgehead atoms. The van der Waals surface area contributed by atoms with Crippen molar-refractivity contribution in [1.29, 1.82) is 10.8 Å². The van der Waals surface area contributed by atoms with E-state index in [0.717, 1.165) is 33.7 Å². The number of halogens is 2. The number of amidine groups is 2. The lowest BCUT2D eigenvalue weighted by atomic mass is 10.2. The minimum atomic E-state index is 0. The highest BCUT2D eigenvalue weighted by Crippen LogP contribution is 2.18. The Kier molecular flexibility index (Phi) is 5.72. The predicted octanol–water partition coefficient (Wildman–Crippen LogP) is 2.44. The zero-order valence-corrected chi connectivity index (χ0v) is 15.7. The van der Waals surface area contributed by atoms with Crippen molar-refractivity contribution in [2.24, 2.45) is 11.5 Å². The summed E-state index contributed by atoms with van der Waals surface area (Å²) in [6.45, 7) is 0. The van der Waals surface area contributed by atoms with Crippen LogP contribution in [0.3, 0.4) is 0 Å². The summed E-state index contributed by atoms with van der Waals surface area (Å²) < 4.78 is 0. The van der Waals surface area contributed by atoms with Gasteiger partial charge in [0.2, 0.25) is 0 Å². The van der Waals surface area contributed by atoms with Crippen LogP contribution in [0.1, 0.15) is 22.8 Å². The number of nitrogen functional groups attached to an aromatic ring is 2. The number of imidazole rings is 2. The van der Waals surface area contributed by atoms with Crippen LogP contribution in [-0.2, 0) is 6.42 Å². The lowest BCUT2D eigenvalue weighted by Crippen LogP contribution is -2.10. The summed E-state index contributed by atoms with van der Waals surface area (Å²) in [6, 6.07) is 10.9. The number of aromatic nitrogens is 4. The number of nitrogens with two attached hydrogens (primary N) is 2. The molecule has 0 unspecified atom stereocenters. The van der Waals surface area contributed by atoms with Gasteiger partial charge in [-0.2, -0.15) is 0 Å². The van der Waals surface area contributed by atoms with Crippen LogP contribution >= 0.6 is 24.8 Å². The van der Waals surface area contributed by atoms with Crippen LogP contribution in [0.15, 0.2) is 36.4 Å². The molecule has 4 aromatic rings. The molecule has 0 saturated carbocycles. The van der Waals surface area contributed by atoms with Gasteiger partial charge < -0.3 is 21.4 Å². The molecule has 2 aromatic carbocycles. The molecule has 0 aliphatic rings. The standard InChI is InChI=1S/C17H16N8.2ClH/c18-16(19)8-1-3-10-12(5-8)24-14(22-10)7-15-23-11-4-2-9(17(20)21)6-13(11)25-15;;/h1-6H,7H2,(H3,18,19)(H3,20,21)(H,22,24)(H,23,25);2*1H. The Hall–Kier alpha value is -3.10. The van der Waals surface area contributed by atoms with Crippen molar-refractivity contribution in [3.63, 3.8) is 0 Å². The first-order chi connectivity index (χ1) is 12.0. The van der Waals surface area contributed by atoms with Crippen molar-refractivity contribution in [2.45, 2.75) is 6.42 Å². The molecule has 0 radical (unpaired) electrons. The van der Waals surface area contributed by atoms with Crippen LogP contribution in [-0.4, -0.2) is 31.6 Å². The zero-order chi connectivity index (χ0) is 17.6. The average molecular weight is 405 g/mol. The van der Waals surface area contributed by atoms with Crippen molar-refractivity contribution in [2.75, 3.05) is 0 Å². The van der Waals surface area contributed by atoms with E-state index in [1.807, 2.05) is 24.3 Å². The molecule has 0 amide bonds. The minimum absolute atomic E-state index is 0. The molecule has 0 aliphatic carbocycles. The smallest absolute Gasteiger partial charge is 0.122 e. The van der Waals surface area contributed by atoms with Crippen LogP contribution in [0.25, 0.3) is 22.1 Å². The quantitative estimate of drug-likeness (QED) is 0.228. The zero-order valence-electron chi connectivity index (χ0n) is 14.0. The van der Waals surface area contributed by atoms with Crippen LogP contribution in [0.2, 0.25) is 0 Å². The molecule has 0 atom stereocenters. The number of nitrogens with one attached hydrogen (secondary N) is 4. The number of nitrogens with zero attached hydrogens (tertiary/aromatic N) is 2. The SMILES string of the molecule is Cl.Cl.N=C(N)c1ccc2nc(Cc3nc4ccc(C(=N)N)cc4[nH]3)[nH]c2c1. The van der Waals surface area contributed by atoms with Crippen molar-refractivity contribution < 1.29 is 0 Å². The Morgan fingerprint density at radius 1 is 0.778 bits per heavy atom. The second kappa shape index (κ2) is 7.65. The number of aromatic amines is 2. The van der Waals surface area contributed by atoms with Gasteiger partial charge in [-0.3, -0.25) is 10.8 Å². The summed E-state index contributed by atoms with van der Waals surface area (Å²) in [5, 5.41) is 15.0. The fraction of sp³-hybridized carbons (Fsp3) is 0.0588. The third kappa shape index (κ3) is 3.86. The van der Waals surface area contributed by atoms with Crippen LogP contribution in [0.5, 0.6) is 0 Å². The van der Waals surface area contributed by atoms with Gasteiger partial charge in [0.05, 0.1) is 28.5 Å². The summed E-state index contributed by atoms with van der Waals surface area (Å²) in [4.78, 5) is 15.6. The van der Waals surface area contributed by atoms with E-state index >= 15 is 0 Å². The highest BCUT2D eigenvalue weighted by molar-refractivity contribution is 5.98. The largest absolute Gasteiger partial charge is 0.384 e. The topological polar surface area (TPSA) is 157 Å². The van der Waals surface area contributed by atoms with Crippen molar-refractivity contribution in [3.8, 4) is 0 Å². The van der Waals surface area contributed by atoms with Gasteiger partial charge in [-0.05, 0) is 36.4 Å². The second-order valence-corrected chi connectivity index (χ2v) is 5.83. The molecule has 2 heterocycles. The lowest BCUT2D eigenvalue weighted by molar-refractivity contribution is 0.960. The average Bonchev–Trinajstić information content (AvgIpc) is 3.15. The molecule has 140 valence electrons. The van der Waals surface area contributed by atoms with Crippen molar-refractivity contribution in [1.82, 2.24) is 19.9 Å². The minimum Gasteiger partial charge on any atom is -0.384 e. The number of fused-ring (bicyclic) bond motifs is 2. The third-order valence-corrected chi connectivity index (χ3v) is 4.02. The Balaban J connectivity index is 0.00000131. The van der Waals surface area contributed by atoms with E-state index in [1.165, 1.54) is 0 Å². The number of hydrogen-bond donors (Lipinski definition) is 6. The van der Waals surface area contributed by atoms with E-state index in [2.05, 4.69) is 19.9 Å². The molecule has 10 heteroatoms. The van der Waals surface area contributed by atoms with Gasteiger partial charge >= 0.3 is 0 Å². The second-order valence-electron chi connectivity index (χ2n) is 5.83. The Morgan fingerprint density at radius 2 is 1.19 bits per heavy atom. The molecule has 0 saturated heterocycles. The molecule has 2 aromatic heterocycles. The van der Waals surface area contributed by atoms with Gasteiger partial charge in [0.15, 0.2) is 0 Å². The number of H-pyrrole nitrogens is 2. The summed E-state index contributed by atoms with van der Waals surface area (Å²) in [5.74, 6) is 1.58. The van der Waals surface area contributed by atoms with Crippen LogP contribution in [0, 0.1) is 10.8 Å². The third-order valence-electron chi connectivity index (χ3n) is 4.02. The first-order valence-electron chi connectivity index (χ1n) is 7.65. The first kappa shape index (κ1) is 20.2. The summed E-state index contributed by atoms with van der Waals surface area (Å²) in [7, 11) is 0. The monoisotopic (exact) mass is 404 g/mol. The molecule has 0 fully saturated rings. The normalized spacial score (nSPS) is 10.4. The number of rotatable bonds is 4. The van der Waals surface area contributed by atoms with Gasteiger partial charge in [-0.1, -0.05) is 0 Å². The summed E-state index contributed by atoms with van der Waals surface area (Å²) in [5.41, 5.74) is 15.6. The number of benzene rings is 2. The maximum atomic E-state index is 7.51. The van der Waals surface area contributed by atoms with Gasteiger partial charge in [-0.25, -0.2) is 9.97 Å². The molecule has 0 aliphatic heterocycles. The van der Waals surface area contributed by atoms with Crippen molar-refractivity contribution >= 4 is 58.6 Å². The Bertz CT molecular complexity index is 1050. The van der Waals surface area contributed by atoms with E-state index in [1.54, 1.807) is 12.1 Å². The van der Waals surface area contributed by atoms with Gasteiger partial charge in [0.1, 0.15) is 23.3 Å². The molecular weight excluding hydrogens is 387 g/mol. The molecule has 0 spiro atoms. The number of hydrogen-bond acceptors (Lipinski definition) is 4. The maximum absolute atomic E-state index is 7.51. The molecule has 8 nitrogen and oxygen atoms in total. The van der Waals surface area contributed by atoms with E-state index in [9.17, 15) is 0 Å². The van der Waals surface area contributed by atoms with Crippen molar-refractivity contribution in [3.05, 3.63) is 59.2 Å². The van der Waals surface area contributed by atoms with Gasteiger partial charge in [-0.15, -0.1) is 24.8 Å². The lowest BCUT2D eigenvalue weighted by Gasteiger charge is -1.96. The van der Waals surface area contributed by atoms with E-state index in [0.29, 0.717) is 17.5 Å². The van der Waals surface area contributed by atoms with E-state index < -0.39 is 0 Å². The molecule has 8 N–H and O–H groups in total. The molecule has 27 heavy (non-hydrogen) atoms. The first-order valence-corrected chi connectivity index (χ1v) is 7.65. The fourth-order valence-electron chi connectivity index (χ4n) is 2.79. The van der Waals surface area contributed by atoms with Crippen LogP contribution in [0.4, 0.5) is 0 Å². The Labute approximate surface area is 166 Å². The molecule has 4 rings (SSSR count). The Morgan fingerprint density at radius 3 is 1.56 bits per heavy atom. The maximum Gasteiger partial charge on any atom is 0.122 e. The van der Waals surface area contributed by atoms with E-state index in [4.69, 9.17) is 22.3 Å². The van der Waals surface area contributed by atoms with Gasteiger partial charge in [0.25, 0.3) is 0 Å². The molecular formula is C17H18Cl2N8. The fourth-order valence-corrected chi connectivity index (χ4v) is 2.79. The van der Waals surface area contributed by atoms with Crippen LogP contribution < -0.4 is 11.5 Å². The van der Waals surface area contributed by atoms with E-state index in [-0.39, 0.29) is 36.5 Å². The highest BCUT2D eigenvalue weighted by atomic mass is 35.5. The highest BCUT2D eigenvalue weighted by Gasteiger charge is 2.10. The predicted molar refractivity (Wildman–Crippen MR) is 112 cm³/mol. The summed E-state index contributed by atoms with van der Waals surface area (Å²) >= 11 is 0. The summed E-state index contributed by atoms with van der Waals surface area (Å²) in [6.07, 6.45) is 0.508.